The normalized spacial score (nSPS) is 10.6. The Kier molecular flexibility index (Phi) is 5.07. The van der Waals surface area contributed by atoms with Crippen molar-refractivity contribution >= 4 is 0 Å². The van der Waals surface area contributed by atoms with Crippen LogP contribution in [0.4, 0.5) is 8.78 Å². The maximum atomic E-state index is 13.1. The highest BCUT2D eigenvalue weighted by atomic mass is 19.1. The van der Waals surface area contributed by atoms with Gasteiger partial charge in [-0.05, 0) is 30.3 Å². The Hall–Kier alpha value is -1.94. The molecule has 20 heavy (non-hydrogen) atoms. The Morgan fingerprint density at radius 3 is 2.45 bits per heavy atom. The zero-order valence-corrected chi connectivity index (χ0v) is 11.3. The number of para-hydroxylation sites is 1. The minimum absolute atomic E-state index is 0.137. The molecule has 2 aromatic carbocycles. The minimum Gasteiger partial charge on any atom is -0.489 e. The molecule has 0 fully saturated rings. The van der Waals surface area contributed by atoms with Gasteiger partial charge in [-0.25, -0.2) is 8.78 Å². The first kappa shape index (κ1) is 14.5. The first-order valence-electron chi connectivity index (χ1n) is 6.55. The highest BCUT2D eigenvalue weighted by Crippen LogP contribution is 2.19. The summed E-state index contributed by atoms with van der Waals surface area (Å²) >= 11 is 0. The molecule has 4 heteroatoms. The second-order valence-corrected chi connectivity index (χ2v) is 4.45. The summed E-state index contributed by atoms with van der Waals surface area (Å²) in [4.78, 5) is 0. The highest BCUT2D eigenvalue weighted by molar-refractivity contribution is 5.33. The van der Waals surface area contributed by atoms with E-state index >= 15 is 0 Å². The van der Waals surface area contributed by atoms with E-state index in [4.69, 9.17) is 4.74 Å². The fourth-order valence-electron chi connectivity index (χ4n) is 1.91. The van der Waals surface area contributed by atoms with Gasteiger partial charge < -0.3 is 10.1 Å². The summed E-state index contributed by atoms with van der Waals surface area (Å²) in [7, 11) is 0. The van der Waals surface area contributed by atoms with Crippen molar-refractivity contribution < 1.29 is 13.5 Å². The van der Waals surface area contributed by atoms with Gasteiger partial charge >= 0.3 is 0 Å². The summed E-state index contributed by atoms with van der Waals surface area (Å²) in [5, 5.41) is 3.22. The molecule has 0 aliphatic heterocycles. The van der Waals surface area contributed by atoms with Crippen LogP contribution in [0.25, 0.3) is 0 Å². The largest absolute Gasteiger partial charge is 0.489 e. The number of rotatable bonds is 6. The van der Waals surface area contributed by atoms with Crippen LogP contribution in [0, 0.1) is 11.6 Å². The number of halogens is 2. The van der Waals surface area contributed by atoms with Crippen molar-refractivity contribution in [2.75, 3.05) is 6.54 Å². The minimum atomic E-state index is -0.593. The SMILES string of the molecule is CCNCc1ccccc1OCc1cc(F)cc(F)c1. The molecule has 0 aromatic heterocycles. The van der Waals surface area contributed by atoms with Crippen molar-refractivity contribution in [3.63, 3.8) is 0 Å². The fraction of sp³-hybridized carbons (Fsp3) is 0.250. The van der Waals surface area contributed by atoms with Gasteiger partial charge in [0, 0.05) is 18.2 Å². The van der Waals surface area contributed by atoms with Crippen molar-refractivity contribution in [1.29, 1.82) is 0 Å². The van der Waals surface area contributed by atoms with Gasteiger partial charge in [-0.2, -0.15) is 0 Å². The molecule has 2 rings (SSSR count). The van der Waals surface area contributed by atoms with Crippen molar-refractivity contribution in [3.8, 4) is 5.75 Å². The van der Waals surface area contributed by atoms with Crippen LogP contribution in [-0.4, -0.2) is 6.54 Å². The maximum Gasteiger partial charge on any atom is 0.126 e. The summed E-state index contributed by atoms with van der Waals surface area (Å²) in [6, 6.07) is 11.0. The molecule has 1 N–H and O–H groups in total. The summed E-state index contributed by atoms with van der Waals surface area (Å²) in [6.07, 6.45) is 0. The topological polar surface area (TPSA) is 21.3 Å². The first-order valence-corrected chi connectivity index (χ1v) is 6.55. The van der Waals surface area contributed by atoms with Crippen LogP contribution >= 0.6 is 0 Å². The average molecular weight is 277 g/mol. The van der Waals surface area contributed by atoms with Gasteiger partial charge in [-0.15, -0.1) is 0 Å². The van der Waals surface area contributed by atoms with Crippen LogP contribution in [0.5, 0.6) is 5.75 Å². The zero-order chi connectivity index (χ0) is 14.4. The first-order chi connectivity index (χ1) is 9.69. The second kappa shape index (κ2) is 7.01. The van der Waals surface area contributed by atoms with E-state index in [1.807, 2.05) is 31.2 Å². The van der Waals surface area contributed by atoms with Gasteiger partial charge in [0.05, 0.1) is 0 Å². The van der Waals surface area contributed by atoms with Crippen molar-refractivity contribution in [1.82, 2.24) is 5.32 Å². The van der Waals surface area contributed by atoms with E-state index < -0.39 is 11.6 Å². The molecule has 0 atom stereocenters. The molecule has 106 valence electrons. The van der Waals surface area contributed by atoms with Gasteiger partial charge in [-0.1, -0.05) is 25.1 Å². The van der Waals surface area contributed by atoms with Crippen LogP contribution in [0.15, 0.2) is 42.5 Å². The van der Waals surface area contributed by atoms with Gasteiger partial charge in [0.15, 0.2) is 0 Å². The number of ether oxygens (including phenoxy) is 1. The molecule has 0 heterocycles. The third-order valence-electron chi connectivity index (χ3n) is 2.85. The van der Waals surface area contributed by atoms with Crippen LogP contribution in [0.3, 0.4) is 0 Å². The monoisotopic (exact) mass is 277 g/mol. The second-order valence-electron chi connectivity index (χ2n) is 4.45. The lowest BCUT2D eigenvalue weighted by Crippen LogP contribution is -2.12. The number of hydrogen-bond donors (Lipinski definition) is 1. The molecule has 0 spiro atoms. The summed E-state index contributed by atoms with van der Waals surface area (Å²) < 4.78 is 31.8. The lowest BCUT2D eigenvalue weighted by Gasteiger charge is -2.12. The average Bonchev–Trinajstić information content (AvgIpc) is 2.43. The molecule has 0 saturated carbocycles. The van der Waals surface area contributed by atoms with E-state index in [0.717, 1.165) is 23.9 Å². The Morgan fingerprint density at radius 2 is 1.75 bits per heavy atom. The van der Waals surface area contributed by atoms with Gasteiger partial charge in [-0.3, -0.25) is 0 Å². The zero-order valence-electron chi connectivity index (χ0n) is 11.3. The van der Waals surface area contributed by atoms with Crippen LogP contribution in [-0.2, 0) is 13.2 Å². The predicted molar refractivity (Wildman–Crippen MR) is 74.5 cm³/mol. The van der Waals surface area contributed by atoms with Gasteiger partial charge in [0.25, 0.3) is 0 Å². The summed E-state index contributed by atoms with van der Waals surface area (Å²) in [6.45, 7) is 3.73. The molecule has 0 aliphatic rings. The number of nitrogens with one attached hydrogen (secondary N) is 1. The summed E-state index contributed by atoms with van der Waals surface area (Å²) in [5.74, 6) is -0.466. The van der Waals surface area contributed by atoms with Crippen LogP contribution < -0.4 is 10.1 Å². The third kappa shape index (κ3) is 4.03. The van der Waals surface area contributed by atoms with Crippen molar-refractivity contribution in [2.24, 2.45) is 0 Å². The van der Waals surface area contributed by atoms with Crippen LogP contribution in [0.2, 0.25) is 0 Å². The molecule has 0 radical (unpaired) electrons. The van der Waals surface area contributed by atoms with E-state index in [2.05, 4.69) is 5.32 Å². The number of benzene rings is 2. The predicted octanol–water partition coefficient (Wildman–Crippen LogP) is 3.65. The van der Waals surface area contributed by atoms with E-state index in [1.54, 1.807) is 0 Å². The standard InChI is InChI=1S/C16H17F2NO/c1-2-19-10-13-5-3-4-6-16(13)20-11-12-7-14(17)9-15(18)8-12/h3-9,19H,2,10-11H2,1H3. The number of hydrogen-bond acceptors (Lipinski definition) is 2. The molecule has 2 aromatic rings. The molecule has 0 bridgehead atoms. The molecular weight excluding hydrogens is 260 g/mol. The Labute approximate surface area is 117 Å². The van der Waals surface area contributed by atoms with Crippen LogP contribution in [0.1, 0.15) is 18.1 Å². The maximum absolute atomic E-state index is 13.1. The molecule has 0 aliphatic carbocycles. The molecule has 0 saturated heterocycles. The van der Waals surface area contributed by atoms with E-state index in [0.29, 0.717) is 12.1 Å². The smallest absolute Gasteiger partial charge is 0.126 e. The Balaban J connectivity index is 2.06. The third-order valence-corrected chi connectivity index (χ3v) is 2.85. The summed E-state index contributed by atoms with van der Waals surface area (Å²) in [5.41, 5.74) is 1.49. The van der Waals surface area contributed by atoms with Crippen molar-refractivity contribution in [2.45, 2.75) is 20.1 Å². The molecule has 0 amide bonds. The van der Waals surface area contributed by atoms with Gasteiger partial charge in [0.2, 0.25) is 0 Å². The molecule has 0 unspecified atom stereocenters. The lowest BCUT2D eigenvalue weighted by molar-refractivity contribution is 0.301. The lowest BCUT2D eigenvalue weighted by atomic mass is 10.2. The highest BCUT2D eigenvalue weighted by Gasteiger charge is 2.05. The molecule has 2 nitrogen and oxygen atoms in total. The Morgan fingerprint density at radius 1 is 1.05 bits per heavy atom. The van der Waals surface area contributed by atoms with Crippen molar-refractivity contribution in [3.05, 3.63) is 65.2 Å². The quantitative estimate of drug-likeness (QED) is 0.870. The fourth-order valence-corrected chi connectivity index (χ4v) is 1.91. The van der Waals surface area contributed by atoms with E-state index in [-0.39, 0.29) is 6.61 Å². The van der Waals surface area contributed by atoms with E-state index in [1.165, 1.54) is 12.1 Å². The van der Waals surface area contributed by atoms with E-state index in [9.17, 15) is 8.78 Å². The van der Waals surface area contributed by atoms with Gasteiger partial charge in [0.1, 0.15) is 24.0 Å². The Bertz CT molecular complexity index is 552. The molecular formula is C16H17F2NO.